The Morgan fingerprint density at radius 3 is 2.86 bits per heavy atom. The molecule has 0 amide bonds. The van der Waals surface area contributed by atoms with Crippen LogP contribution in [0.3, 0.4) is 0 Å². The van der Waals surface area contributed by atoms with Crippen molar-refractivity contribution in [2.75, 3.05) is 18.0 Å². The number of hydrogen-bond acceptors (Lipinski definition) is 4. The molecule has 110 valence electrons. The highest BCUT2D eigenvalue weighted by Gasteiger charge is 2.31. The van der Waals surface area contributed by atoms with Gasteiger partial charge in [-0.2, -0.15) is 0 Å². The molecule has 0 spiro atoms. The van der Waals surface area contributed by atoms with Crippen LogP contribution in [-0.2, 0) is 0 Å². The average molecular weight is 304 g/mol. The molecule has 2 aliphatic rings. The second-order valence-corrected chi connectivity index (χ2v) is 6.38. The Bertz CT molecular complexity index is 619. The molecule has 1 aliphatic carbocycles. The zero-order valence-electron chi connectivity index (χ0n) is 11.8. The van der Waals surface area contributed by atoms with Gasteiger partial charge in [-0.05, 0) is 37.8 Å². The molecule has 1 unspecified atom stereocenters. The summed E-state index contributed by atoms with van der Waals surface area (Å²) in [6, 6.07) is 4.54. The number of hydrogen-bond donors (Lipinski definition) is 0. The lowest BCUT2D eigenvalue weighted by molar-refractivity contribution is 0.469. The highest BCUT2D eigenvalue weighted by Crippen LogP contribution is 2.38. The predicted octanol–water partition coefficient (Wildman–Crippen LogP) is 3.05. The zero-order valence-corrected chi connectivity index (χ0v) is 12.6. The molecule has 0 aromatic carbocycles. The summed E-state index contributed by atoms with van der Waals surface area (Å²) in [5.41, 5.74) is 0. The summed E-state index contributed by atoms with van der Waals surface area (Å²) in [5.74, 6) is 2.59. The lowest BCUT2D eigenvalue weighted by Crippen LogP contribution is -2.35. The van der Waals surface area contributed by atoms with Crippen LogP contribution >= 0.6 is 11.6 Å². The van der Waals surface area contributed by atoms with E-state index in [1.807, 2.05) is 18.5 Å². The lowest BCUT2D eigenvalue weighted by Gasteiger charge is -2.33. The third-order valence-electron chi connectivity index (χ3n) is 4.36. The highest BCUT2D eigenvalue weighted by molar-refractivity contribution is 6.30. The van der Waals surface area contributed by atoms with Crippen molar-refractivity contribution in [2.45, 2.75) is 37.6 Å². The molecular formula is C15H18ClN5. The fraction of sp³-hybridized carbons (Fsp3) is 0.533. The molecule has 21 heavy (non-hydrogen) atoms. The highest BCUT2D eigenvalue weighted by atomic mass is 35.5. The first kappa shape index (κ1) is 13.1. The molecule has 4 rings (SSSR count). The molecule has 3 heterocycles. The summed E-state index contributed by atoms with van der Waals surface area (Å²) in [6.07, 6.45) is 8.47. The van der Waals surface area contributed by atoms with Crippen molar-refractivity contribution in [1.29, 1.82) is 0 Å². The van der Waals surface area contributed by atoms with Gasteiger partial charge in [0.1, 0.15) is 18.0 Å². The van der Waals surface area contributed by atoms with Crippen molar-refractivity contribution in [3.8, 4) is 0 Å². The molecule has 5 nitrogen and oxygen atoms in total. The second-order valence-electron chi connectivity index (χ2n) is 5.95. The summed E-state index contributed by atoms with van der Waals surface area (Å²) >= 11 is 5.92. The minimum atomic E-state index is 0.444. The van der Waals surface area contributed by atoms with Crippen LogP contribution in [0.4, 0.5) is 5.82 Å². The Morgan fingerprint density at radius 1 is 1.19 bits per heavy atom. The van der Waals surface area contributed by atoms with Crippen LogP contribution < -0.4 is 4.90 Å². The van der Waals surface area contributed by atoms with Crippen molar-refractivity contribution >= 4 is 17.4 Å². The average Bonchev–Trinajstić information content (AvgIpc) is 3.25. The molecule has 2 aromatic heterocycles. The van der Waals surface area contributed by atoms with Gasteiger partial charge in [-0.1, -0.05) is 11.6 Å². The van der Waals surface area contributed by atoms with E-state index in [2.05, 4.69) is 24.6 Å². The van der Waals surface area contributed by atoms with E-state index in [0.29, 0.717) is 17.0 Å². The first-order valence-electron chi connectivity index (χ1n) is 7.57. The van der Waals surface area contributed by atoms with Gasteiger partial charge in [-0.15, -0.1) is 10.2 Å². The maximum absolute atomic E-state index is 5.92. The Labute approximate surface area is 129 Å². The first-order chi connectivity index (χ1) is 10.3. The summed E-state index contributed by atoms with van der Waals surface area (Å²) in [7, 11) is 0. The Balaban J connectivity index is 1.54. The maximum Gasteiger partial charge on any atom is 0.137 e. The largest absolute Gasteiger partial charge is 0.356 e. The van der Waals surface area contributed by atoms with E-state index < -0.39 is 0 Å². The van der Waals surface area contributed by atoms with Gasteiger partial charge >= 0.3 is 0 Å². The molecular weight excluding hydrogens is 286 g/mol. The molecule has 1 saturated heterocycles. The second kappa shape index (κ2) is 5.30. The predicted molar refractivity (Wildman–Crippen MR) is 81.7 cm³/mol. The van der Waals surface area contributed by atoms with Crippen molar-refractivity contribution < 1.29 is 0 Å². The summed E-state index contributed by atoms with van der Waals surface area (Å²) in [5, 5.41) is 9.20. The van der Waals surface area contributed by atoms with Crippen LogP contribution in [0.2, 0.25) is 5.02 Å². The smallest absolute Gasteiger partial charge is 0.137 e. The van der Waals surface area contributed by atoms with Gasteiger partial charge in [0, 0.05) is 31.2 Å². The number of aromatic nitrogens is 4. The van der Waals surface area contributed by atoms with Crippen LogP contribution in [0, 0.1) is 0 Å². The van der Waals surface area contributed by atoms with Crippen LogP contribution in [0.1, 0.15) is 43.5 Å². The summed E-state index contributed by atoms with van der Waals surface area (Å²) in [4.78, 5) is 6.77. The van der Waals surface area contributed by atoms with E-state index in [-0.39, 0.29) is 0 Å². The Hall–Kier alpha value is -1.62. The molecule has 2 aromatic rings. The monoisotopic (exact) mass is 303 g/mol. The molecule has 1 saturated carbocycles. The standard InChI is InChI=1S/C15H18ClN5/c16-12-3-6-14(17-8-12)20-7-1-2-11(9-20)15-19-18-10-21(15)13-4-5-13/h3,6,8,10-11,13H,1-2,4-5,7,9H2. The molecule has 1 aliphatic heterocycles. The van der Waals surface area contributed by atoms with Gasteiger partial charge < -0.3 is 9.47 Å². The molecule has 1 atom stereocenters. The van der Waals surface area contributed by atoms with E-state index in [4.69, 9.17) is 11.6 Å². The van der Waals surface area contributed by atoms with Gasteiger partial charge in [0.25, 0.3) is 0 Å². The number of rotatable bonds is 3. The fourth-order valence-electron chi connectivity index (χ4n) is 3.13. The van der Waals surface area contributed by atoms with Crippen LogP contribution in [0.15, 0.2) is 24.7 Å². The van der Waals surface area contributed by atoms with Crippen molar-refractivity contribution in [3.63, 3.8) is 0 Å². The number of piperidine rings is 1. The number of nitrogens with zero attached hydrogens (tertiary/aromatic N) is 5. The van der Waals surface area contributed by atoms with Gasteiger partial charge in [-0.25, -0.2) is 4.98 Å². The van der Waals surface area contributed by atoms with Gasteiger partial charge in [-0.3, -0.25) is 0 Å². The Morgan fingerprint density at radius 2 is 2.10 bits per heavy atom. The molecule has 2 fully saturated rings. The number of anilines is 1. The minimum Gasteiger partial charge on any atom is -0.356 e. The van der Waals surface area contributed by atoms with Crippen LogP contribution in [0.5, 0.6) is 0 Å². The normalized spacial score (nSPS) is 22.5. The summed E-state index contributed by atoms with van der Waals surface area (Å²) in [6.45, 7) is 2.00. The SMILES string of the molecule is Clc1ccc(N2CCCC(c3nncn3C3CC3)C2)nc1. The third kappa shape index (κ3) is 2.62. The quantitative estimate of drug-likeness (QED) is 0.874. The van der Waals surface area contributed by atoms with E-state index in [9.17, 15) is 0 Å². The van der Waals surface area contributed by atoms with Crippen LogP contribution in [0.25, 0.3) is 0 Å². The molecule has 0 radical (unpaired) electrons. The van der Waals surface area contributed by atoms with Crippen molar-refractivity contribution in [3.05, 3.63) is 35.5 Å². The van der Waals surface area contributed by atoms with Gasteiger partial charge in [0.05, 0.1) is 5.02 Å². The number of halogens is 1. The molecule has 0 N–H and O–H groups in total. The van der Waals surface area contributed by atoms with E-state index in [0.717, 1.165) is 31.2 Å². The summed E-state index contributed by atoms with van der Waals surface area (Å²) < 4.78 is 2.28. The van der Waals surface area contributed by atoms with Crippen molar-refractivity contribution in [1.82, 2.24) is 19.7 Å². The van der Waals surface area contributed by atoms with Gasteiger partial charge in [0.15, 0.2) is 0 Å². The molecule has 0 bridgehead atoms. The zero-order chi connectivity index (χ0) is 14.2. The van der Waals surface area contributed by atoms with E-state index in [1.54, 1.807) is 6.20 Å². The van der Waals surface area contributed by atoms with Crippen molar-refractivity contribution in [2.24, 2.45) is 0 Å². The van der Waals surface area contributed by atoms with Gasteiger partial charge in [0.2, 0.25) is 0 Å². The third-order valence-corrected chi connectivity index (χ3v) is 4.59. The molecule has 6 heteroatoms. The fourth-order valence-corrected chi connectivity index (χ4v) is 3.24. The lowest BCUT2D eigenvalue weighted by atomic mass is 9.97. The Kier molecular flexibility index (Phi) is 3.30. The van der Waals surface area contributed by atoms with Crippen LogP contribution in [-0.4, -0.2) is 32.8 Å². The maximum atomic E-state index is 5.92. The minimum absolute atomic E-state index is 0.444. The number of pyridine rings is 1. The topological polar surface area (TPSA) is 46.8 Å². The van der Waals surface area contributed by atoms with E-state index in [1.165, 1.54) is 19.3 Å². The van der Waals surface area contributed by atoms with E-state index >= 15 is 0 Å². The first-order valence-corrected chi connectivity index (χ1v) is 7.95.